The fourth-order valence-corrected chi connectivity index (χ4v) is 4.85. The highest BCUT2D eigenvalue weighted by atomic mass is 16.4. The summed E-state index contributed by atoms with van der Waals surface area (Å²) in [7, 11) is 0. The van der Waals surface area contributed by atoms with Crippen LogP contribution in [0.5, 0.6) is 0 Å². The lowest BCUT2D eigenvalue weighted by Gasteiger charge is -2.27. The van der Waals surface area contributed by atoms with Gasteiger partial charge in [-0.25, -0.2) is 4.79 Å². The Hall–Kier alpha value is -4.93. The van der Waals surface area contributed by atoms with Crippen molar-refractivity contribution in [2.45, 2.75) is 120 Å². The van der Waals surface area contributed by atoms with Crippen molar-refractivity contribution in [2.24, 2.45) is 28.7 Å². The molecule has 0 rings (SSSR count). The standard InChI is InChI=1S/C31H56N10O12/c32-12-4-1-7-17(35)26(47)37-20(10-11-24(43)44)29(50)38-18(8-2-5-13-33)27(48)40-21(15-23(36)42)30(51)39-19(9-3-6-14-34)28(49)41-22(31(52)53)16-25(45)46/h17-22H,1-16,32-35H2,(H2,36,42)(H,37,47)(H,38,50)(H,39,51)(H,40,48)(H,41,49)(H,43,44)(H,45,46)(H,52,53). The Morgan fingerprint density at radius 3 is 1.23 bits per heavy atom. The van der Waals surface area contributed by atoms with Crippen LogP contribution in [0.4, 0.5) is 0 Å². The molecule has 0 aromatic rings. The Balaban J connectivity index is 6.24. The number of rotatable bonds is 30. The summed E-state index contributed by atoms with van der Waals surface area (Å²) in [5.74, 6) is -10.3. The molecule has 0 saturated carbocycles. The first-order chi connectivity index (χ1) is 25.0. The number of carboxylic acid groups (broad SMARTS) is 3. The number of nitrogens with two attached hydrogens (primary N) is 5. The highest BCUT2D eigenvalue weighted by Crippen LogP contribution is 2.09. The van der Waals surface area contributed by atoms with Crippen LogP contribution in [0.3, 0.4) is 0 Å². The fourth-order valence-electron chi connectivity index (χ4n) is 4.85. The lowest BCUT2D eigenvalue weighted by Crippen LogP contribution is -2.59. The number of amides is 6. The molecule has 0 fully saturated rings. The normalized spacial score (nSPS) is 14.3. The monoisotopic (exact) mass is 760 g/mol. The van der Waals surface area contributed by atoms with Gasteiger partial charge in [-0.1, -0.05) is 6.42 Å². The third-order valence-corrected chi connectivity index (χ3v) is 7.78. The Kier molecular flexibility index (Phi) is 24.3. The molecule has 22 nitrogen and oxygen atoms in total. The summed E-state index contributed by atoms with van der Waals surface area (Å²) in [6.07, 6.45) is -0.116. The first kappa shape index (κ1) is 48.1. The number of aliphatic carboxylic acids is 3. The third-order valence-electron chi connectivity index (χ3n) is 7.78. The average Bonchev–Trinajstić information content (AvgIpc) is 3.07. The van der Waals surface area contributed by atoms with Crippen molar-refractivity contribution in [1.29, 1.82) is 0 Å². The summed E-state index contributed by atoms with van der Waals surface area (Å²) in [5.41, 5.74) is 27.8. The fraction of sp³-hybridized carbons (Fsp3) is 0.710. The molecule has 0 heterocycles. The van der Waals surface area contributed by atoms with E-state index >= 15 is 0 Å². The van der Waals surface area contributed by atoms with E-state index in [1.807, 2.05) is 5.32 Å². The quantitative estimate of drug-likeness (QED) is 0.0306. The van der Waals surface area contributed by atoms with Crippen LogP contribution in [-0.4, -0.2) is 125 Å². The first-order valence-electron chi connectivity index (χ1n) is 17.3. The van der Waals surface area contributed by atoms with Crippen LogP contribution in [-0.2, 0) is 43.2 Å². The molecule has 18 N–H and O–H groups in total. The van der Waals surface area contributed by atoms with Crippen LogP contribution in [0.15, 0.2) is 0 Å². The molecule has 0 spiro atoms. The van der Waals surface area contributed by atoms with Gasteiger partial charge in [-0.15, -0.1) is 0 Å². The molecular weight excluding hydrogens is 704 g/mol. The van der Waals surface area contributed by atoms with Gasteiger partial charge in [0, 0.05) is 6.42 Å². The maximum Gasteiger partial charge on any atom is 0.326 e. The molecule has 6 atom stereocenters. The second-order valence-electron chi connectivity index (χ2n) is 12.3. The summed E-state index contributed by atoms with van der Waals surface area (Å²) in [6.45, 7) is 0.802. The van der Waals surface area contributed by atoms with Crippen molar-refractivity contribution in [3.8, 4) is 0 Å². The average molecular weight is 761 g/mol. The minimum Gasteiger partial charge on any atom is -0.481 e. The van der Waals surface area contributed by atoms with Gasteiger partial charge in [0.1, 0.15) is 30.2 Å². The number of carbonyl (C=O) groups excluding carboxylic acids is 6. The van der Waals surface area contributed by atoms with E-state index < -0.39 is 109 Å². The van der Waals surface area contributed by atoms with E-state index in [0.717, 1.165) is 0 Å². The van der Waals surface area contributed by atoms with E-state index in [1.165, 1.54) is 0 Å². The predicted octanol–water partition coefficient (Wildman–Crippen LogP) is -4.58. The molecule has 0 radical (unpaired) electrons. The van der Waals surface area contributed by atoms with Crippen LogP contribution < -0.4 is 55.3 Å². The van der Waals surface area contributed by atoms with E-state index in [2.05, 4.69) is 21.3 Å². The second kappa shape index (κ2) is 26.8. The van der Waals surface area contributed by atoms with Crippen LogP contribution >= 0.6 is 0 Å². The lowest BCUT2D eigenvalue weighted by atomic mass is 10.0. The van der Waals surface area contributed by atoms with Gasteiger partial charge in [0.2, 0.25) is 35.4 Å². The van der Waals surface area contributed by atoms with Gasteiger partial charge in [-0.05, 0) is 77.4 Å². The zero-order chi connectivity index (χ0) is 40.5. The Morgan fingerprint density at radius 1 is 0.453 bits per heavy atom. The van der Waals surface area contributed by atoms with E-state index in [-0.39, 0.29) is 51.6 Å². The smallest absolute Gasteiger partial charge is 0.326 e. The van der Waals surface area contributed by atoms with Crippen molar-refractivity contribution in [3.63, 3.8) is 0 Å². The van der Waals surface area contributed by atoms with Crippen molar-refractivity contribution >= 4 is 53.4 Å². The Morgan fingerprint density at radius 2 is 0.830 bits per heavy atom. The first-order valence-corrected chi connectivity index (χ1v) is 17.3. The van der Waals surface area contributed by atoms with E-state index in [9.17, 15) is 53.4 Å². The Bertz CT molecular complexity index is 1250. The summed E-state index contributed by atoms with van der Waals surface area (Å²) in [6, 6.07) is -8.90. The van der Waals surface area contributed by atoms with Crippen LogP contribution in [0, 0.1) is 0 Å². The molecule has 0 aliphatic carbocycles. The molecule has 0 saturated heterocycles. The van der Waals surface area contributed by atoms with Crippen molar-refractivity contribution in [1.82, 2.24) is 26.6 Å². The van der Waals surface area contributed by atoms with Crippen LogP contribution in [0.25, 0.3) is 0 Å². The second-order valence-corrected chi connectivity index (χ2v) is 12.3. The van der Waals surface area contributed by atoms with Crippen molar-refractivity contribution < 1.29 is 58.5 Å². The van der Waals surface area contributed by atoms with Gasteiger partial charge in [-0.2, -0.15) is 0 Å². The summed E-state index contributed by atoms with van der Waals surface area (Å²) >= 11 is 0. The molecule has 53 heavy (non-hydrogen) atoms. The Labute approximate surface area is 306 Å². The molecular formula is C31H56N10O12. The van der Waals surface area contributed by atoms with Gasteiger partial charge in [0.05, 0.1) is 18.9 Å². The molecule has 302 valence electrons. The van der Waals surface area contributed by atoms with Gasteiger partial charge >= 0.3 is 17.9 Å². The largest absolute Gasteiger partial charge is 0.481 e. The highest BCUT2D eigenvalue weighted by Gasteiger charge is 2.34. The van der Waals surface area contributed by atoms with Gasteiger partial charge in [0.25, 0.3) is 0 Å². The summed E-state index contributed by atoms with van der Waals surface area (Å²) in [4.78, 5) is 112. The third kappa shape index (κ3) is 21.3. The number of hydrogen-bond donors (Lipinski definition) is 13. The van der Waals surface area contributed by atoms with Gasteiger partial charge in [0.15, 0.2) is 0 Å². The van der Waals surface area contributed by atoms with Crippen LogP contribution in [0.1, 0.15) is 83.5 Å². The van der Waals surface area contributed by atoms with Gasteiger partial charge in [-0.3, -0.25) is 38.4 Å². The molecule has 0 aromatic heterocycles. The van der Waals surface area contributed by atoms with Crippen molar-refractivity contribution in [2.75, 3.05) is 19.6 Å². The predicted molar refractivity (Wildman–Crippen MR) is 187 cm³/mol. The maximum absolute atomic E-state index is 13.6. The zero-order valence-corrected chi connectivity index (χ0v) is 29.7. The lowest BCUT2D eigenvalue weighted by molar-refractivity contribution is -0.147. The molecule has 0 bridgehead atoms. The highest BCUT2D eigenvalue weighted by molar-refractivity contribution is 5.98. The number of carboxylic acids is 3. The molecule has 0 aliphatic rings. The summed E-state index contributed by atoms with van der Waals surface area (Å²) < 4.78 is 0. The van der Waals surface area contributed by atoms with E-state index in [1.54, 1.807) is 0 Å². The van der Waals surface area contributed by atoms with E-state index in [4.69, 9.17) is 33.8 Å². The van der Waals surface area contributed by atoms with Crippen LogP contribution in [0.2, 0.25) is 0 Å². The maximum atomic E-state index is 13.6. The minimum atomic E-state index is -1.84. The van der Waals surface area contributed by atoms with Crippen molar-refractivity contribution in [3.05, 3.63) is 0 Å². The topological polar surface area (TPSA) is 405 Å². The molecule has 6 amide bonds. The molecule has 22 heteroatoms. The minimum absolute atomic E-state index is 0.0534. The summed E-state index contributed by atoms with van der Waals surface area (Å²) in [5, 5.41) is 39.2. The van der Waals surface area contributed by atoms with E-state index in [0.29, 0.717) is 32.2 Å². The molecule has 0 aromatic carbocycles. The SMILES string of the molecule is NCCCCC(N)C(=O)NC(CCC(=O)O)C(=O)NC(CCCCN)C(=O)NC(CC(N)=O)C(=O)NC(CCCCN)C(=O)NC(CC(=O)O)C(=O)O. The van der Waals surface area contributed by atoms with Gasteiger partial charge < -0.3 is 70.6 Å². The number of carbonyl (C=O) groups is 9. The number of nitrogens with one attached hydrogen (secondary N) is 5. The number of primary amides is 1. The molecule has 6 unspecified atom stereocenters. The zero-order valence-electron chi connectivity index (χ0n) is 29.7. The number of hydrogen-bond acceptors (Lipinski definition) is 13. The molecule has 0 aliphatic heterocycles. The number of unbranched alkanes of at least 4 members (excludes halogenated alkanes) is 3.